The number of hydrogen-bond donors (Lipinski definition) is 0. The fourth-order valence-corrected chi connectivity index (χ4v) is 3.54. The van der Waals surface area contributed by atoms with Crippen molar-refractivity contribution in [2.75, 3.05) is 6.54 Å². The summed E-state index contributed by atoms with van der Waals surface area (Å²) in [4.78, 5) is 18.9. The van der Waals surface area contributed by atoms with Crippen LogP contribution >= 0.6 is 11.6 Å². The smallest absolute Gasteiger partial charge is 0.255 e. The Hall–Kier alpha value is -1.87. The van der Waals surface area contributed by atoms with E-state index in [-0.39, 0.29) is 11.9 Å². The monoisotopic (exact) mass is 328 g/mol. The Morgan fingerprint density at radius 3 is 2.83 bits per heavy atom. The Labute approximate surface area is 142 Å². The molecule has 3 rings (SSSR count). The molecule has 1 heterocycles. The van der Waals surface area contributed by atoms with Gasteiger partial charge in [-0.2, -0.15) is 0 Å². The summed E-state index contributed by atoms with van der Waals surface area (Å²) in [5, 5.41) is 0.426. The molecular formula is C19H21ClN2O. The standard InChI is InChI=1S/C19H21ClN2O/c1-2-11-22(19(23)17-9-10-21-13-18(17)20)16-8-7-14-5-3-4-6-15(14)12-16/h3-6,9-10,13,16H,2,7-8,11-12H2,1H3. The SMILES string of the molecule is CCCN(C(=O)c1ccncc1Cl)C1CCc2ccccc2C1. The van der Waals surface area contributed by atoms with Gasteiger partial charge in [-0.15, -0.1) is 0 Å². The van der Waals surface area contributed by atoms with Gasteiger partial charge in [-0.05, 0) is 42.9 Å². The molecular weight excluding hydrogens is 308 g/mol. The number of carbonyl (C=O) groups excluding carboxylic acids is 1. The predicted molar refractivity (Wildman–Crippen MR) is 92.8 cm³/mol. The highest BCUT2D eigenvalue weighted by molar-refractivity contribution is 6.33. The Bertz CT molecular complexity index is 701. The first kappa shape index (κ1) is 16.0. The van der Waals surface area contributed by atoms with Gasteiger partial charge in [-0.3, -0.25) is 9.78 Å². The highest BCUT2D eigenvalue weighted by Crippen LogP contribution is 2.27. The summed E-state index contributed by atoms with van der Waals surface area (Å²) in [6.45, 7) is 2.86. The second-order valence-corrected chi connectivity index (χ2v) is 6.43. The number of aryl methyl sites for hydroxylation is 1. The average molecular weight is 329 g/mol. The third-order valence-corrected chi connectivity index (χ3v) is 4.79. The van der Waals surface area contributed by atoms with Gasteiger partial charge in [0.15, 0.2) is 0 Å². The summed E-state index contributed by atoms with van der Waals surface area (Å²) >= 11 is 6.17. The molecule has 1 aromatic carbocycles. The van der Waals surface area contributed by atoms with E-state index in [0.717, 1.165) is 32.2 Å². The molecule has 0 N–H and O–H groups in total. The largest absolute Gasteiger partial charge is 0.335 e. The maximum Gasteiger partial charge on any atom is 0.255 e. The summed E-state index contributed by atoms with van der Waals surface area (Å²) in [6, 6.07) is 10.5. The van der Waals surface area contributed by atoms with E-state index in [9.17, 15) is 4.79 Å². The number of aromatic nitrogens is 1. The van der Waals surface area contributed by atoms with Crippen LogP contribution in [0.3, 0.4) is 0 Å². The van der Waals surface area contributed by atoms with Crippen molar-refractivity contribution < 1.29 is 4.79 Å². The van der Waals surface area contributed by atoms with Crippen LogP contribution in [0.25, 0.3) is 0 Å². The summed E-state index contributed by atoms with van der Waals surface area (Å²) in [5.74, 6) is 0.0173. The topological polar surface area (TPSA) is 33.2 Å². The molecule has 0 aliphatic heterocycles. The molecule has 4 heteroatoms. The van der Waals surface area contributed by atoms with E-state index in [1.165, 1.54) is 17.3 Å². The van der Waals surface area contributed by atoms with Crippen molar-refractivity contribution in [1.29, 1.82) is 0 Å². The van der Waals surface area contributed by atoms with Gasteiger partial charge in [0.1, 0.15) is 0 Å². The van der Waals surface area contributed by atoms with Gasteiger partial charge in [-0.25, -0.2) is 0 Å². The van der Waals surface area contributed by atoms with Crippen molar-refractivity contribution in [3.8, 4) is 0 Å². The zero-order valence-electron chi connectivity index (χ0n) is 13.3. The van der Waals surface area contributed by atoms with Crippen LogP contribution in [-0.4, -0.2) is 28.4 Å². The third kappa shape index (κ3) is 3.40. The van der Waals surface area contributed by atoms with E-state index >= 15 is 0 Å². The van der Waals surface area contributed by atoms with E-state index in [0.29, 0.717) is 10.6 Å². The molecule has 1 aliphatic rings. The maximum absolute atomic E-state index is 13.0. The molecule has 0 spiro atoms. The molecule has 3 nitrogen and oxygen atoms in total. The molecule has 23 heavy (non-hydrogen) atoms. The van der Waals surface area contributed by atoms with Gasteiger partial charge in [0.2, 0.25) is 0 Å². The van der Waals surface area contributed by atoms with E-state index in [1.807, 2.05) is 4.90 Å². The first-order valence-corrected chi connectivity index (χ1v) is 8.55. The zero-order chi connectivity index (χ0) is 16.2. The lowest BCUT2D eigenvalue weighted by molar-refractivity contribution is 0.0661. The Kier molecular flexibility index (Phi) is 4.97. The number of carbonyl (C=O) groups is 1. The van der Waals surface area contributed by atoms with Gasteiger partial charge >= 0.3 is 0 Å². The molecule has 0 radical (unpaired) electrons. The first-order chi connectivity index (χ1) is 11.2. The lowest BCUT2D eigenvalue weighted by Crippen LogP contribution is -2.44. The number of halogens is 1. The van der Waals surface area contributed by atoms with E-state index in [4.69, 9.17) is 11.6 Å². The minimum Gasteiger partial charge on any atom is -0.335 e. The molecule has 1 aromatic heterocycles. The Morgan fingerprint density at radius 2 is 2.09 bits per heavy atom. The van der Waals surface area contributed by atoms with Crippen molar-refractivity contribution in [2.45, 2.75) is 38.6 Å². The van der Waals surface area contributed by atoms with Crippen molar-refractivity contribution in [1.82, 2.24) is 9.88 Å². The Morgan fingerprint density at radius 1 is 1.30 bits per heavy atom. The number of pyridine rings is 1. The summed E-state index contributed by atoms with van der Waals surface area (Å²) in [7, 11) is 0. The van der Waals surface area contributed by atoms with Crippen molar-refractivity contribution in [2.24, 2.45) is 0 Å². The van der Waals surface area contributed by atoms with Crippen LogP contribution < -0.4 is 0 Å². The molecule has 0 saturated carbocycles. The number of rotatable bonds is 4. The van der Waals surface area contributed by atoms with Crippen molar-refractivity contribution >= 4 is 17.5 Å². The fourth-order valence-electron chi connectivity index (χ4n) is 3.34. The van der Waals surface area contributed by atoms with Crippen molar-refractivity contribution in [3.05, 3.63) is 64.4 Å². The quantitative estimate of drug-likeness (QED) is 0.845. The molecule has 1 atom stereocenters. The third-order valence-electron chi connectivity index (χ3n) is 4.49. The summed E-state index contributed by atoms with van der Waals surface area (Å²) in [5.41, 5.74) is 3.32. The lowest BCUT2D eigenvalue weighted by Gasteiger charge is -2.35. The van der Waals surface area contributed by atoms with Crippen LogP contribution in [0.1, 0.15) is 41.3 Å². The molecule has 0 saturated heterocycles. The molecule has 0 bridgehead atoms. The molecule has 1 amide bonds. The fraction of sp³-hybridized carbons (Fsp3) is 0.368. The van der Waals surface area contributed by atoms with Gasteiger partial charge in [0, 0.05) is 25.0 Å². The highest BCUT2D eigenvalue weighted by atomic mass is 35.5. The van der Waals surface area contributed by atoms with E-state index in [2.05, 4.69) is 36.2 Å². The second-order valence-electron chi connectivity index (χ2n) is 6.02. The van der Waals surface area contributed by atoms with Crippen LogP contribution in [0.2, 0.25) is 5.02 Å². The van der Waals surface area contributed by atoms with E-state index in [1.54, 1.807) is 12.3 Å². The van der Waals surface area contributed by atoms with Gasteiger partial charge in [0.25, 0.3) is 5.91 Å². The summed E-state index contributed by atoms with van der Waals surface area (Å²) in [6.07, 6.45) is 7.05. The summed E-state index contributed by atoms with van der Waals surface area (Å²) < 4.78 is 0. The average Bonchev–Trinajstić information content (AvgIpc) is 2.59. The van der Waals surface area contributed by atoms with Crippen molar-refractivity contribution in [3.63, 3.8) is 0 Å². The number of amides is 1. The van der Waals surface area contributed by atoms with Gasteiger partial charge in [0.05, 0.1) is 10.6 Å². The van der Waals surface area contributed by atoms with Gasteiger partial charge in [-0.1, -0.05) is 42.8 Å². The van der Waals surface area contributed by atoms with Gasteiger partial charge < -0.3 is 4.90 Å². The number of fused-ring (bicyclic) bond motifs is 1. The Balaban J connectivity index is 1.85. The van der Waals surface area contributed by atoms with E-state index < -0.39 is 0 Å². The second kappa shape index (κ2) is 7.14. The van der Waals surface area contributed by atoms with Crippen LogP contribution in [-0.2, 0) is 12.8 Å². The van der Waals surface area contributed by atoms with Crippen LogP contribution in [0, 0.1) is 0 Å². The molecule has 1 unspecified atom stereocenters. The highest BCUT2D eigenvalue weighted by Gasteiger charge is 2.28. The molecule has 0 fully saturated rings. The number of nitrogens with zero attached hydrogens (tertiary/aromatic N) is 2. The lowest BCUT2D eigenvalue weighted by atomic mass is 9.87. The molecule has 120 valence electrons. The molecule has 2 aromatic rings. The minimum absolute atomic E-state index is 0.0173. The zero-order valence-corrected chi connectivity index (χ0v) is 14.1. The molecule has 1 aliphatic carbocycles. The predicted octanol–water partition coefficient (Wildman–Crippen LogP) is 4.14. The normalized spacial score (nSPS) is 16.7. The van der Waals surface area contributed by atoms with Crippen LogP contribution in [0.15, 0.2) is 42.7 Å². The number of benzene rings is 1. The maximum atomic E-state index is 13.0. The van der Waals surface area contributed by atoms with Crippen LogP contribution in [0.4, 0.5) is 0 Å². The first-order valence-electron chi connectivity index (χ1n) is 8.18. The van der Waals surface area contributed by atoms with Crippen LogP contribution in [0.5, 0.6) is 0 Å². The number of hydrogen-bond acceptors (Lipinski definition) is 2. The minimum atomic E-state index is 0.0173.